The van der Waals surface area contributed by atoms with Gasteiger partial charge in [-0.15, -0.1) is 0 Å². The van der Waals surface area contributed by atoms with Crippen LogP contribution in [-0.4, -0.2) is 47.6 Å². The van der Waals surface area contributed by atoms with Crippen molar-refractivity contribution in [2.75, 3.05) is 24.7 Å². The van der Waals surface area contributed by atoms with E-state index in [0.717, 1.165) is 11.3 Å². The van der Waals surface area contributed by atoms with Crippen LogP contribution in [0.5, 0.6) is 0 Å². The van der Waals surface area contributed by atoms with Gasteiger partial charge < -0.3 is 14.7 Å². The number of carbonyl (C=O) groups excluding carboxylic acids is 1. The van der Waals surface area contributed by atoms with Crippen LogP contribution in [0.4, 0.5) is 5.13 Å². The van der Waals surface area contributed by atoms with Gasteiger partial charge in [0, 0.05) is 13.5 Å². The number of anilines is 1. The number of aromatic carboxylic acids is 1. The summed E-state index contributed by atoms with van der Waals surface area (Å²) in [7, 11) is 0. The highest BCUT2D eigenvalue weighted by Gasteiger charge is 2.27. The van der Waals surface area contributed by atoms with Crippen molar-refractivity contribution >= 4 is 28.2 Å². The number of ketones is 1. The van der Waals surface area contributed by atoms with Crippen molar-refractivity contribution in [2.24, 2.45) is 0 Å². The van der Waals surface area contributed by atoms with E-state index in [9.17, 15) is 9.59 Å². The van der Waals surface area contributed by atoms with Crippen LogP contribution in [0.15, 0.2) is 0 Å². The molecule has 2 rings (SSSR count). The Morgan fingerprint density at radius 3 is 2.78 bits per heavy atom. The number of thiazole rings is 1. The van der Waals surface area contributed by atoms with Crippen molar-refractivity contribution in [2.45, 2.75) is 19.9 Å². The highest BCUT2D eigenvalue weighted by atomic mass is 32.1. The quantitative estimate of drug-likeness (QED) is 0.833. The second kappa shape index (κ2) is 5.03. The molecule has 18 heavy (non-hydrogen) atoms. The van der Waals surface area contributed by atoms with Gasteiger partial charge >= 0.3 is 5.97 Å². The molecule has 1 aromatic rings. The summed E-state index contributed by atoms with van der Waals surface area (Å²) < 4.78 is 5.32. The zero-order valence-electron chi connectivity index (χ0n) is 10.2. The largest absolute Gasteiger partial charge is 0.476 e. The number of carbonyl (C=O) groups is 2. The Kier molecular flexibility index (Phi) is 3.63. The monoisotopic (exact) mass is 270 g/mol. The first-order valence-corrected chi connectivity index (χ1v) is 6.41. The van der Waals surface area contributed by atoms with E-state index >= 15 is 0 Å². The number of hydrogen-bond acceptors (Lipinski definition) is 6. The molecule has 0 bridgehead atoms. The lowest BCUT2D eigenvalue weighted by molar-refractivity contribution is 0.0687. The number of aromatic nitrogens is 1. The first-order valence-electron chi connectivity index (χ1n) is 5.60. The number of carboxylic acids is 1. The third-order valence-electron chi connectivity index (χ3n) is 2.75. The minimum Gasteiger partial charge on any atom is -0.476 e. The molecule has 0 aliphatic carbocycles. The van der Waals surface area contributed by atoms with Crippen molar-refractivity contribution in [3.8, 4) is 0 Å². The molecule has 1 saturated heterocycles. The lowest BCUT2D eigenvalue weighted by atomic mass is 10.3. The summed E-state index contributed by atoms with van der Waals surface area (Å²) in [5.41, 5.74) is -0.152. The van der Waals surface area contributed by atoms with Crippen LogP contribution in [0.2, 0.25) is 0 Å². The van der Waals surface area contributed by atoms with E-state index in [1.54, 1.807) is 0 Å². The minimum atomic E-state index is -1.16. The normalized spacial score (nSPS) is 19.9. The molecule has 1 aromatic heterocycles. The van der Waals surface area contributed by atoms with Crippen molar-refractivity contribution in [3.63, 3.8) is 0 Å². The molecule has 0 amide bonds. The van der Waals surface area contributed by atoms with Gasteiger partial charge in [0.25, 0.3) is 0 Å². The second-order valence-electron chi connectivity index (χ2n) is 4.15. The average molecular weight is 270 g/mol. The number of rotatable bonds is 3. The molecule has 0 aromatic carbocycles. The van der Waals surface area contributed by atoms with Crippen molar-refractivity contribution in [1.29, 1.82) is 0 Å². The molecule has 0 saturated carbocycles. The van der Waals surface area contributed by atoms with Gasteiger partial charge in [0.2, 0.25) is 0 Å². The van der Waals surface area contributed by atoms with Crippen molar-refractivity contribution in [3.05, 3.63) is 10.6 Å². The molecule has 6 nitrogen and oxygen atoms in total. The highest BCUT2D eigenvalue weighted by Crippen LogP contribution is 2.29. The van der Waals surface area contributed by atoms with E-state index in [-0.39, 0.29) is 22.4 Å². The number of hydrogen-bond donors (Lipinski definition) is 1. The van der Waals surface area contributed by atoms with E-state index in [1.807, 2.05) is 11.8 Å². The molecule has 7 heteroatoms. The van der Waals surface area contributed by atoms with E-state index < -0.39 is 5.97 Å². The summed E-state index contributed by atoms with van der Waals surface area (Å²) >= 11 is 1.14. The Balaban J connectivity index is 2.36. The molecule has 2 heterocycles. The molecule has 1 N–H and O–H groups in total. The fourth-order valence-corrected chi connectivity index (χ4v) is 2.91. The minimum absolute atomic E-state index is 0.131. The summed E-state index contributed by atoms with van der Waals surface area (Å²) in [5, 5.41) is 9.62. The molecule has 1 unspecified atom stereocenters. The molecular formula is C11H14N2O4S. The first-order chi connectivity index (χ1) is 8.50. The summed E-state index contributed by atoms with van der Waals surface area (Å²) in [5.74, 6) is -1.43. The van der Waals surface area contributed by atoms with Crippen LogP contribution in [-0.2, 0) is 4.74 Å². The van der Waals surface area contributed by atoms with Crippen LogP contribution in [0.1, 0.15) is 34.0 Å². The van der Waals surface area contributed by atoms with Crippen LogP contribution in [0.25, 0.3) is 0 Å². The standard InChI is InChI=1S/C11H14N2O4S/c1-6-5-17-4-3-13(6)11-12-8(10(15)16)9(18-11)7(2)14/h6H,3-5H2,1-2H3,(H,15,16). The zero-order valence-corrected chi connectivity index (χ0v) is 11.0. The smallest absolute Gasteiger partial charge is 0.356 e. The summed E-state index contributed by atoms with van der Waals surface area (Å²) in [4.78, 5) is 28.7. The second-order valence-corrected chi connectivity index (χ2v) is 5.13. The fraction of sp³-hybridized carbons (Fsp3) is 0.545. The van der Waals surface area contributed by atoms with Gasteiger partial charge in [-0.05, 0) is 6.92 Å². The van der Waals surface area contributed by atoms with Gasteiger partial charge in [-0.25, -0.2) is 9.78 Å². The number of ether oxygens (including phenoxy) is 1. The Morgan fingerprint density at radius 2 is 2.28 bits per heavy atom. The first kappa shape index (κ1) is 13.0. The highest BCUT2D eigenvalue weighted by molar-refractivity contribution is 7.17. The predicted octanol–water partition coefficient (Wildman–Crippen LogP) is 1.27. The number of nitrogens with zero attached hydrogens (tertiary/aromatic N) is 2. The maximum atomic E-state index is 11.4. The molecule has 1 aliphatic heterocycles. The maximum absolute atomic E-state index is 11.4. The van der Waals surface area contributed by atoms with Gasteiger partial charge in [-0.1, -0.05) is 11.3 Å². The van der Waals surface area contributed by atoms with E-state index in [0.29, 0.717) is 24.9 Å². The van der Waals surface area contributed by atoms with Crippen molar-refractivity contribution in [1.82, 2.24) is 4.98 Å². The molecule has 1 atom stereocenters. The van der Waals surface area contributed by atoms with E-state index in [1.165, 1.54) is 6.92 Å². The lowest BCUT2D eigenvalue weighted by Crippen LogP contribution is -2.43. The predicted molar refractivity (Wildman–Crippen MR) is 66.7 cm³/mol. The third kappa shape index (κ3) is 2.37. The Hall–Kier alpha value is -1.47. The number of carboxylic acid groups (broad SMARTS) is 1. The number of morpholine rings is 1. The summed E-state index contributed by atoms with van der Waals surface area (Å²) in [6.07, 6.45) is 0. The fourth-order valence-electron chi connectivity index (χ4n) is 1.83. The van der Waals surface area contributed by atoms with Crippen molar-refractivity contribution < 1.29 is 19.4 Å². The van der Waals surface area contributed by atoms with Gasteiger partial charge in [-0.3, -0.25) is 4.79 Å². The van der Waals surface area contributed by atoms with Crippen LogP contribution in [0, 0.1) is 0 Å². The third-order valence-corrected chi connectivity index (χ3v) is 3.94. The lowest BCUT2D eigenvalue weighted by Gasteiger charge is -2.32. The van der Waals surface area contributed by atoms with E-state index in [2.05, 4.69) is 4.98 Å². The average Bonchev–Trinajstić information content (AvgIpc) is 2.74. The Morgan fingerprint density at radius 1 is 1.56 bits per heavy atom. The van der Waals surface area contributed by atoms with Gasteiger partial charge in [0.05, 0.1) is 19.3 Å². The molecule has 1 fully saturated rings. The maximum Gasteiger partial charge on any atom is 0.356 e. The topological polar surface area (TPSA) is 79.7 Å². The van der Waals surface area contributed by atoms with Gasteiger partial charge in [0.1, 0.15) is 4.88 Å². The van der Waals surface area contributed by atoms with Crippen LogP contribution >= 0.6 is 11.3 Å². The molecule has 98 valence electrons. The van der Waals surface area contributed by atoms with Crippen LogP contribution in [0.3, 0.4) is 0 Å². The molecule has 1 aliphatic rings. The number of Topliss-reactive ketones (excluding diaryl/α,β-unsaturated/α-hetero) is 1. The Labute approximate surface area is 108 Å². The summed E-state index contributed by atoms with van der Waals surface area (Å²) in [6, 6.07) is 0.131. The van der Waals surface area contributed by atoms with Gasteiger partial charge in [0.15, 0.2) is 16.6 Å². The van der Waals surface area contributed by atoms with E-state index in [4.69, 9.17) is 9.84 Å². The molecule has 0 spiro atoms. The zero-order chi connectivity index (χ0) is 13.3. The SMILES string of the molecule is CC(=O)c1sc(N2CCOCC2C)nc1C(=O)O. The molecular weight excluding hydrogens is 256 g/mol. The van der Waals surface area contributed by atoms with Crippen LogP contribution < -0.4 is 4.90 Å². The summed E-state index contributed by atoms with van der Waals surface area (Å²) in [6.45, 7) is 5.16. The molecule has 0 radical (unpaired) electrons. The Bertz CT molecular complexity index is 454. The van der Waals surface area contributed by atoms with Gasteiger partial charge in [-0.2, -0.15) is 0 Å².